The van der Waals surface area contributed by atoms with Crippen LogP contribution in [0.3, 0.4) is 0 Å². The number of carbonyl (C=O) groups is 1. The first-order valence-corrected chi connectivity index (χ1v) is 13.6. The van der Waals surface area contributed by atoms with Crippen LogP contribution in [0.4, 0.5) is 11.5 Å². The number of likely N-dealkylation sites (N-methyl/N-ethyl adjacent to an activating group) is 1. The summed E-state index contributed by atoms with van der Waals surface area (Å²) in [5.74, 6) is 0.707. The average Bonchev–Trinajstić information content (AvgIpc) is 3.43. The molecule has 0 bridgehead atoms. The molecule has 0 spiro atoms. The van der Waals surface area contributed by atoms with Gasteiger partial charge in [0.15, 0.2) is 0 Å². The molecule has 0 radical (unpaired) electrons. The normalized spacial score (nSPS) is 18.4. The number of aromatic nitrogens is 4. The Morgan fingerprint density at radius 3 is 2.74 bits per heavy atom. The second kappa shape index (κ2) is 11.5. The molecule has 2 aliphatic rings. The van der Waals surface area contributed by atoms with Gasteiger partial charge in [-0.1, -0.05) is 12.1 Å². The molecule has 2 fully saturated rings. The minimum absolute atomic E-state index is 0.215. The van der Waals surface area contributed by atoms with E-state index in [1.54, 1.807) is 12.5 Å². The monoisotopic (exact) mass is 526 g/mol. The number of H-pyrrole nitrogens is 1. The zero-order valence-corrected chi connectivity index (χ0v) is 22.2. The third kappa shape index (κ3) is 5.78. The maximum atomic E-state index is 13.0. The fraction of sp³-hybridized carbons (Fsp3) is 0.379. The summed E-state index contributed by atoms with van der Waals surface area (Å²) >= 11 is 0. The number of nitrogens with zero attached hydrogens (tertiary/aromatic N) is 5. The number of ether oxygens (including phenoxy) is 1. The number of hydrogen-bond acceptors (Lipinski definition) is 8. The molecule has 202 valence electrons. The van der Waals surface area contributed by atoms with Crippen LogP contribution in [0.1, 0.15) is 28.9 Å². The molecule has 1 unspecified atom stereocenters. The van der Waals surface area contributed by atoms with Crippen LogP contribution >= 0.6 is 0 Å². The van der Waals surface area contributed by atoms with Gasteiger partial charge in [-0.15, -0.1) is 0 Å². The van der Waals surface area contributed by atoms with E-state index in [1.165, 1.54) is 12.8 Å². The van der Waals surface area contributed by atoms with E-state index in [2.05, 4.69) is 46.4 Å². The van der Waals surface area contributed by atoms with Crippen molar-refractivity contribution in [2.45, 2.75) is 25.4 Å². The van der Waals surface area contributed by atoms with Crippen molar-refractivity contribution >= 4 is 28.4 Å². The second-order valence-corrected chi connectivity index (χ2v) is 10.2. The van der Waals surface area contributed by atoms with Crippen molar-refractivity contribution in [3.05, 3.63) is 66.2 Å². The number of amides is 1. The number of likely N-dealkylation sites (tertiary alicyclic amines) is 1. The number of nitrogens with one attached hydrogen (secondary N) is 3. The molecule has 0 saturated carbocycles. The fourth-order valence-corrected chi connectivity index (χ4v) is 5.43. The topological polar surface area (TPSA) is 111 Å². The average molecular weight is 527 g/mol. The van der Waals surface area contributed by atoms with Gasteiger partial charge in [0.1, 0.15) is 23.5 Å². The minimum Gasteiger partial charge on any atom is -0.378 e. The predicted molar refractivity (Wildman–Crippen MR) is 152 cm³/mol. The van der Waals surface area contributed by atoms with Gasteiger partial charge in [-0.3, -0.25) is 14.7 Å². The summed E-state index contributed by atoms with van der Waals surface area (Å²) in [7, 11) is 2.02. The lowest BCUT2D eigenvalue weighted by Crippen LogP contribution is -2.43. The summed E-state index contributed by atoms with van der Waals surface area (Å²) in [6.07, 6.45) is 5.71. The van der Waals surface area contributed by atoms with Crippen LogP contribution < -0.4 is 15.5 Å². The fourth-order valence-electron chi connectivity index (χ4n) is 5.43. The van der Waals surface area contributed by atoms with E-state index in [9.17, 15) is 4.79 Å². The van der Waals surface area contributed by atoms with E-state index < -0.39 is 0 Å². The number of hydrogen-bond donors (Lipinski definition) is 3. The lowest BCUT2D eigenvalue weighted by atomic mass is 10.1. The molecule has 3 aromatic heterocycles. The molecular formula is C29H34N8O2. The van der Waals surface area contributed by atoms with Crippen molar-refractivity contribution in [2.75, 3.05) is 56.7 Å². The third-order valence-electron chi connectivity index (χ3n) is 7.55. The molecule has 10 heteroatoms. The lowest BCUT2D eigenvalue weighted by Gasteiger charge is -2.32. The SMILES string of the molecule is CNC1CCCN(Cc2ccnc(C(=O)Nc3ccc(-c4cc5c(N6CCOCC6)ncnc5[nH]4)cc3)c2)C1. The van der Waals surface area contributed by atoms with Crippen molar-refractivity contribution < 1.29 is 9.53 Å². The summed E-state index contributed by atoms with van der Waals surface area (Å²) in [5, 5.41) is 7.36. The minimum atomic E-state index is -0.215. The first kappa shape index (κ1) is 25.4. The second-order valence-electron chi connectivity index (χ2n) is 10.2. The third-order valence-corrected chi connectivity index (χ3v) is 7.55. The predicted octanol–water partition coefficient (Wildman–Crippen LogP) is 3.29. The van der Waals surface area contributed by atoms with Gasteiger partial charge in [-0.2, -0.15) is 0 Å². The Kier molecular flexibility index (Phi) is 7.49. The van der Waals surface area contributed by atoms with Gasteiger partial charge < -0.3 is 25.3 Å². The van der Waals surface area contributed by atoms with Crippen LogP contribution in [0.5, 0.6) is 0 Å². The van der Waals surface area contributed by atoms with Crippen LogP contribution in [0.2, 0.25) is 0 Å². The highest BCUT2D eigenvalue weighted by Gasteiger charge is 2.20. The van der Waals surface area contributed by atoms with E-state index >= 15 is 0 Å². The number of piperidine rings is 1. The number of pyridine rings is 1. The molecule has 1 amide bonds. The lowest BCUT2D eigenvalue weighted by molar-refractivity contribution is 0.102. The molecule has 5 heterocycles. The molecule has 1 aromatic carbocycles. The number of carbonyl (C=O) groups excluding carboxylic acids is 1. The maximum Gasteiger partial charge on any atom is 0.274 e. The molecule has 2 saturated heterocycles. The zero-order valence-electron chi connectivity index (χ0n) is 22.2. The molecule has 6 rings (SSSR count). The Morgan fingerprint density at radius 1 is 1.08 bits per heavy atom. The Balaban J connectivity index is 1.13. The molecular weight excluding hydrogens is 492 g/mol. The highest BCUT2D eigenvalue weighted by molar-refractivity contribution is 6.03. The van der Waals surface area contributed by atoms with E-state index in [4.69, 9.17) is 4.74 Å². The number of benzene rings is 1. The van der Waals surface area contributed by atoms with Crippen molar-refractivity contribution in [3.63, 3.8) is 0 Å². The Labute approximate surface area is 227 Å². The van der Waals surface area contributed by atoms with Crippen molar-refractivity contribution in [2.24, 2.45) is 0 Å². The Morgan fingerprint density at radius 2 is 1.92 bits per heavy atom. The van der Waals surface area contributed by atoms with Gasteiger partial charge in [0.25, 0.3) is 5.91 Å². The number of fused-ring (bicyclic) bond motifs is 1. The van der Waals surface area contributed by atoms with Crippen LogP contribution in [0.15, 0.2) is 55.0 Å². The molecule has 1 atom stereocenters. The van der Waals surface area contributed by atoms with Gasteiger partial charge in [0, 0.05) is 49.8 Å². The summed E-state index contributed by atoms with van der Waals surface area (Å²) in [6, 6.07) is 14.3. The van der Waals surface area contributed by atoms with Crippen LogP contribution in [0.25, 0.3) is 22.3 Å². The Hall–Kier alpha value is -3.86. The van der Waals surface area contributed by atoms with E-state index in [0.29, 0.717) is 30.6 Å². The maximum absolute atomic E-state index is 13.0. The number of anilines is 2. The zero-order chi connectivity index (χ0) is 26.6. The van der Waals surface area contributed by atoms with E-state index in [1.807, 2.05) is 43.4 Å². The number of morpholine rings is 1. The molecule has 0 aliphatic carbocycles. The van der Waals surface area contributed by atoms with Crippen molar-refractivity contribution in [3.8, 4) is 11.3 Å². The standard InChI is InChI=1S/C29H34N8O2/c1-30-23-3-2-10-36(18-23)17-20-8-9-31-26(15-20)29(38)34-22-6-4-21(5-7-22)25-16-24-27(35-25)32-19-33-28(24)37-11-13-39-14-12-37/h4-9,15-16,19,23,30H,2-3,10-14,17-18H2,1H3,(H,34,38)(H,32,33,35). The number of aromatic amines is 1. The first-order chi connectivity index (χ1) is 19.2. The summed E-state index contributed by atoms with van der Waals surface area (Å²) in [4.78, 5) is 34.4. The Bertz CT molecular complexity index is 1430. The molecule has 39 heavy (non-hydrogen) atoms. The molecule has 10 nitrogen and oxygen atoms in total. The van der Waals surface area contributed by atoms with Crippen LogP contribution in [-0.2, 0) is 11.3 Å². The van der Waals surface area contributed by atoms with Gasteiger partial charge in [0.05, 0.1) is 18.6 Å². The molecule has 3 N–H and O–H groups in total. The van der Waals surface area contributed by atoms with Gasteiger partial charge >= 0.3 is 0 Å². The highest BCUT2D eigenvalue weighted by atomic mass is 16.5. The van der Waals surface area contributed by atoms with Crippen molar-refractivity contribution in [1.29, 1.82) is 0 Å². The first-order valence-electron chi connectivity index (χ1n) is 13.6. The van der Waals surface area contributed by atoms with Crippen molar-refractivity contribution in [1.82, 2.24) is 30.2 Å². The largest absolute Gasteiger partial charge is 0.378 e. The quantitative estimate of drug-likeness (QED) is 0.337. The van der Waals surface area contributed by atoms with Crippen LogP contribution in [0, 0.1) is 0 Å². The number of rotatable bonds is 7. The summed E-state index contributed by atoms with van der Waals surface area (Å²) < 4.78 is 5.49. The van der Waals surface area contributed by atoms with Crippen LogP contribution in [-0.4, -0.2) is 83.2 Å². The molecule has 4 aromatic rings. The summed E-state index contributed by atoms with van der Waals surface area (Å²) in [5.41, 5.74) is 4.99. The van der Waals surface area contributed by atoms with E-state index in [0.717, 1.165) is 66.4 Å². The van der Waals surface area contributed by atoms with Gasteiger partial charge in [-0.25, -0.2) is 9.97 Å². The highest BCUT2D eigenvalue weighted by Crippen LogP contribution is 2.29. The smallest absolute Gasteiger partial charge is 0.274 e. The summed E-state index contributed by atoms with van der Waals surface area (Å²) in [6.45, 7) is 5.94. The van der Waals surface area contributed by atoms with Gasteiger partial charge in [-0.05, 0) is 67.9 Å². The van der Waals surface area contributed by atoms with E-state index in [-0.39, 0.29) is 5.91 Å². The van der Waals surface area contributed by atoms with Gasteiger partial charge in [0.2, 0.25) is 0 Å². The molecule has 2 aliphatic heterocycles.